The van der Waals surface area contributed by atoms with E-state index in [1.807, 2.05) is 0 Å². The van der Waals surface area contributed by atoms with Crippen molar-refractivity contribution >= 4 is 21.7 Å². The van der Waals surface area contributed by atoms with E-state index >= 15 is 0 Å². The summed E-state index contributed by atoms with van der Waals surface area (Å²) >= 11 is 0. The summed E-state index contributed by atoms with van der Waals surface area (Å²) in [6.45, 7) is 4.14. The molecule has 0 aliphatic heterocycles. The fourth-order valence-electron chi connectivity index (χ4n) is 2.28. The van der Waals surface area contributed by atoms with Gasteiger partial charge in [0.25, 0.3) is 10.0 Å². The van der Waals surface area contributed by atoms with Gasteiger partial charge in [-0.1, -0.05) is 0 Å². The minimum atomic E-state index is -4.24. The molecule has 136 valence electrons. The molecule has 0 radical (unpaired) electrons. The van der Waals surface area contributed by atoms with Gasteiger partial charge in [-0.05, 0) is 32.0 Å². The van der Waals surface area contributed by atoms with Crippen molar-refractivity contribution in [3.8, 4) is 0 Å². The lowest BCUT2D eigenvalue weighted by molar-refractivity contribution is 0.0696. The first-order valence-electron chi connectivity index (χ1n) is 7.26. The molecule has 0 aliphatic rings. The number of nitrogens with zero attached hydrogens (tertiary/aromatic N) is 2. The molecular weight excluding hydrogens is 353 g/mol. The van der Waals surface area contributed by atoms with Crippen molar-refractivity contribution in [3.63, 3.8) is 0 Å². The van der Waals surface area contributed by atoms with E-state index in [0.717, 1.165) is 12.1 Å². The Balaban J connectivity index is 2.36. The third-order valence-electron chi connectivity index (χ3n) is 3.59. The quantitative estimate of drug-likeness (QED) is 0.768. The average molecular weight is 371 g/mol. The van der Waals surface area contributed by atoms with Gasteiger partial charge in [-0.25, -0.2) is 17.6 Å². The van der Waals surface area contributed by atoms with Crippen molar-refractivity contribution in [2.24, 2.45) is 0 Å². The summed E-state index contributed by atoms with van der Waals surface area (Å²) in [4.78, 5) is 10.2. The van der Waals surface area contributed by atoms with E-state index in [2.05, 4.69) is 9.82 Å². The molecule has 8 nitrogen and oxygen atoms in total. The third-order valence-corrected chi connectivity index (χ3v) is 4.98. The van der Waals surface area contributed by atoms with Crippen molar-refractivity contribution < 1.29 is 27.4 Å². The van der Waals surface area contributed by atoms with Crippen LogP contribution >= 0.6 is 0 Å². The summed E-state index contributed by atoms with van der Waals surface area (Å²) in [5.74, 6) is -2.49. The van der Waals surface area contributed by atoms with Crippen LogP contribution in [-0.2, 0) is 21.3 Å². The van der Waals surface area contributed by atoms with E-state index in [-0.39, 0.29) is 11.3 Å². The molecule has 0 aliphatic carbocycles. The number of ether oxygens (including phenoxy) is 1. The van der Waals surface area contributed by atoms with Crippen molar-refractivity contribution in [2.45, 2.75) is 25.3 Å². The van der Waals surface area contributed by atoms with Gasteiger partial charge in [-0.2, -0.15) is 5.10 Å². The van der Waals surface area contributed by atoms with E-state index in [0.29, 0.717) is 30.6 Å². The molecule has 10 heteroatoms. The van der Waals surface area contributed by atoms with Crippen LogP contribution < -0.4 is 4.72 Å². The first-order valence-corrected chi connectivity index (χ1v) is 8.74. The number of nitrogens with one attached hydrogen (secondary N) is 1. The van der Waals surface area contributed by atoms with Crippen LogP contribution in [-0.4, -0.2) is 43.0 Å². The molecule has 25 heavy (non-hydrogen) atoms. The van der Waals surface area contributed by atoms with E-state index in [4.69, 9.17) is 9.84 Å². The second-order valence-corrected chi connectivity index (χ2v) is 6.97. The Morgan fingerprint density at radius 3 is 2.64 bits per heavy atom. The zero-order chi connectivity index (χ0) is 18.8. The Labute approximate surface area is 144 Å². The van der Waals surface area contributed by atoms with Crippen molar-refractivity contribution in [1.82, 2.24) is 9.78 Å². The van der Waals surface area contributed by atoms with Crippen molar-refractivity contribution in [2.75, 3.05) is 18.4 Å². The largest absolute Gasteiger partial charge is 0.478 e. The van der Waals surface area contributed by atoms with E-state index in [1.54, 1.807) is 25.6 Å². The van der Waals surface area contributed by atoms with Crippen LogP contribution in [0.4, 0.5) is 10.1 Å². The highest BCUT2D eigenvalue weighted by Gasteiger charge is 2.24. The van der Waals surface area contributed by atoms with Gasteiger partial charge in [0, 0.05) is 7.11 Å². The molecule has 2 N–H and O–H groups in total. The van der Waals surface area contributed by atoms with Gasteiger partial charge in [0.05, 0.1) is 35.8 Å². The van der Waals surface area contributed by atoms with E-state index in [1.165, 1.54) is 0 Å². The zero-order valence-electron chi connectivity index (χ0n) is 13.9. The number of carbonyl (C=O) groups is 1. The molecule has 0 bridgehead atoms. The minimum absolute atomic E-state index is 0.248. The second kappa shape index (κ2) is 7.19. The first-order chi connectivity index (χ1) is 11.7. The van der Waals surface area contributed by atoms with E-state index < -0.39 is 26.7 Å². The number of methoxy groups -OCH3 is 1. The molecule has 0 unspecified atom stereocenters. The topological polar surface area (TPSA) is 111 Å². The summed E-state index contributed by atoms with van der Waals surface area (Å²) in [7, 11) is -2.70. The maximum Gasteiger partial charge on any atom is 0.335 e. The highest BCUT2D eigenvalue weighted by Crippen LogP contribution is 2.25. The molecule has 0 saturated heterocycles. The van der Waals surface area contributed by atoms with Crippen molar-refractivity contribution in [3.05, 3.63) is 41.0 Å². The number of sulfonamides is 1. The molecule has 0 spiro atoms. The molecule has 0 saturated carbocycles. The summed E-state index contributed by atoms with van der Waals surface area (Å²) in [6.07, 6.45) is 0. The molecule has 0 amide bonds. The van der Waals surface area contributed by atoms with Gasteiger partial charge in [-0.15, -0.1) is 0 Å². The standard InChI is InChI=1S/C15H18FN3O5S/c1-9-14(10(2)19(17-9)6-7-24-3)18-25(22,23)13-5-4-11(15(20)21)8-12(13)16/h4-5,8,18H,6-7H2,1-3H3,(H,20,21). The van der Waals surface area contributed by atoms with Gasteiger partial charge in [0.2, 0.25) is 0 Å². The van der Waals surface area contributed by atoms with Crippen LogP contribution in [0.25, 0.3) is 0 Å². The zero-order valence-corrected chi connectivity index (χ0v) is 14.7. The number of hydrogen-bond acceptors (Lipinski definition) is 5. The van der Waals surface area contributed by atoms with Gasteiger partial charge < -0.3 is 9.84 Å². The number of carboxylic acid groups (broad SMARTS) is 1. The number of rotatable bonds is 7. The third kappa shape index (κ3) is 3.97. The van der Waals surface area contributed by atoms with Gasteiger partial charge in [0.15, 0.2) is 0 Å². The van der Waals surface area contributed by atoms with Crippen LogP contribution in [0, 0.1) is 19.7 Å². The smallest absolute Gasteiger partial charge is 0.335 e. The normalized spacial score (nSPS) is 11.5. The van der Waals surface area contributed by atoms with Crippen LogP contribution in [0.2, 0.25) is 0 Å². The van der Waals surface area contributed by atoms with Crippen molar-refractivity contribution in [1.29, 1.82) is 0 Å². The fourth-order valence-corrected chi connectivity index (χ4v) is 3.52. The summed E-state index contributed by atoms with van der Waals surface area (Å²) in [6, 6.07) is 2.61. The van der Waals surface area contributed by atoms with Crippen LogP contribution in [0.5, 0.6) is 0 Å². The maximum absolute atomic E-state index is 14.1. The molecule has 2 aromatic rings. The highest BCUT2D eigenvalue weighted by atomic mass is 32.2. The summed E-state index contributed by atoms with van der Waals surface area (Å²) in [5, 5.41) is 13.1. The number of aryl methyl sites for hydroxylation is 1. The summed E-state index contributed by atoms with van der Waals surface area (Å²) < 4.78 is 47.9. The van der Waals surface area contributed by atoms with Crippen LogP contribution in [0.1, 0.15) is 21.7 Å². The number of halogens is 1. The lowest BCUT2D eigenvalue weighted by atomic mass is 10.2. The number of aromatic nitrogens is 2. The number of hydrogen-bond donors (Lipinski definition) is 2. The minimum Gasteiger partial charge on any atom is -0.478 e. The number of carboxylic acids is 1. The second-order valence-electron chi connectivity index (χ2n) is 5.32. The Morgan fingerprint density at radius 1 is 1.40 bits per heavy atom. The van der Waals surface area contributed by atoms with Crippen LogP contribution in [0.15, 0.2) is 23.1 Å². The highest BCUT2D eigenvalue weighted by molar-refractivity contribution is 7.92. The monoisotopic (exact) mass is 371 g/mol. The number of benzene rings is 1. The molecule has 0 atom stereocenters. The Bertz CT molecular complexity index is 908. The van der Waals surface area contributed by atoms with Gasteiger partial charge >= 0.3 is 5.97 Å². The Kier molecular flexibility index (Phi) is 5.43. The first kappa shape index (κ1) is 18.9. The molecule has 1 aromatic heterocycles. The van der Waals surface area contributed by atoms with Crippen LogP contribution in [0.3, 0.4) is 0 Å². The number of aromatic carboxylic acids is 1. The molecule has 2 rings (SSSR count). The summed E-state index contributed by atoms with van der Waals surface area (Å²) in [5.41, 5.74) is 0.898. The molecule has 1 heterocycles. The number of anilines is 1. The SMILES string of the molecule is COCCn1nc(C)c(NS(=O)(=O)c2ccc(C(=O)O)cc2F)c1C. The predicted octanol–water partition coefficient (Wildman–Crippen LogP) is 1.78. The molecular formula is C15H18FN3O5S. The molecule has 0 fully saturated rings. The fraction of sp³-hybridized carbons (Fsp3) is 0.333. The Hall–Kier alpha value is -2.46. The Morgan fingerprint density at radius 2 is 2.08 bits per heavy atom. The maximum atomic E-state index is 14.1. The lowest BCUT2D eigenvalue weighted by Gasteiger charge is -2.10. The lowest BCUT2D eigenvalue weighted by Crippen LogP contribution is -2.16. The average Bonchev–Trinajstić information content (AvgIpc) is 2.79. The molecule has 1 aromatic carbocycles. The predicted molar refractivity (Wildman–Crippen MR) is 87.7 cm³/mol. The van der Waals surface area contributed by atoms with E-state index in [9.17, 15) is 17.6 Å². The van der Waals surface area contributed by atoms with Gasteiger partial charge in [-0.3, -0.25) is 9.40 Å². The van der Waals surface area contributed by atoms with Gasteiger partial charge in [0.1, 0.15) is 10.7 Å².